The van der Waals surface area contributed by atoms with Gasteiger partial charge in [0.25, 0.3) is 5.91 Å². The molecule has 6 nitrogen and oxygen atoms in total. The van der Waals surface area contributed by atoms with Crippen LogP contribution in [0, 0.1) is 24.2 Å². The van der Waals surface area contributed by atoms with Crippen molar-refractivity contribution in [1.82, 2.24) is 20.4 Å². The number of hydrogen-bond donors (Lipinski definition) is 2. The van der Waals surface area contributed by atoms with E-state index in [2.05, 4.69) is 21.9 Å². The third-order valence-electron chi connectivity index (χ3n) is 4.68. The minimum absolute atomic E-state index is 0.129. The smallest absolute Gasteiger partial charge is 0.251 e. The highest BCUT2D eigenvalue weighted by Gasteiger charge is 2.16. The quantitative estimate of drug-likeness (QED) is 0.824. The number of carbonyl (C=O) groups excluding carboxylic acids is 1. The van der Waals surface area contributed by atoms with Gasteiger partial charge >= 0.3 is 0 Å². The normalized spacial score (nSPS) is 15.3. The van der Waals surface area contributed by atoms with E-state index in [0.717, 1.165) is 36.1 Å². The van der Waals surface area contributed by atoms with Gasteiger partial charge < -0.3 is 10.6 Å². The second-order valence-electron chi connectivity index (χ2n) is 6.38. The lowest BCUT2D eigenvalue weighted by Gasteiger charge is -2.22. The zero-order valence-corrected chi connectivity index (χ0v) is 14.0. The summed E-state index contributed by atoms with van der Waals surface area (Å²) in [5, 5.41) is 20.4. The predicted octanol–water partition coefficient (Wildman–Crippen LogP) is 1.99. The lowest BCUT2D eigenvalue weighted by atomic mass is 9.98. The molecule has 6 heteroatoms. The lowest BCUT2D eigenvalue weighted by molar-refractivity contribution is 0.0954. The van der Waals surface area contributed by atoms with E-state index in [4.69, 9.17) is 5.26 Å². The molecule has 2 aromatic rings. The molecule has 0 atom stereocenters. The Morgan fingerprint density at radius 2 is 2.25 bits per heavy atom. The summed E-state index contributed by atoms with van der Waals surface area (Å²) in [6.07, 6.45) is 4.74. The summed E-state index contributed by atoms with van der Waals surface area (Å²) < 4.78 is 2.02. The molecule has 2 N–H and O–H groups in total. The average Bonchev–Trinajstić information content (AvgIpc) is 3.00. The Balaban J connectivity index is 1.78. The first-order chi connectivity index (χ1) is 11.7. The van der Waals surface area contributed by atoms with Crippen molar-refractivity contribution in [3.05, 3.63) is 29.5 Å². The molecule has 1 aromatic carbocycles. The van der Waals surface area contributed by atoms with Crippen molar-refractivity contribution in [2.24, 2.45) is 5.92 Å². The van der Waals surface area contributed by atoms with E-state index in [1.807, 2.05) is 29.8 Å². The van der Waals surface area contributed by atoms with Crippen LogP contribution in [0.15, 0.2) is 18.3 Å². The molecule has 24 heavy (non-hydrogen) atoms. The summed E-state index contributed by atoms with van der Waals surface area (Å²) in [5.41, 5.74) is 2.52. The number of nitriles is 1. The van der Waals surface area contributed by atoms with Gasteiger partial charge in [0.15, 0.2) is 0 Å². The summed E-state index contributed by atoms with van der Waals surface area (Å²) in [6.45, 7) is 5.42. The first-order valence-electron chi connectivity index (χ1n) is 8.51. The molecule has 0 bridgehead atoms. The van der Waals surface area contributed by atoms with Gasteiger partial charge in [-0.15, -0.1) is 0 Å². The number of fused-ring (bicyclic) bond motifs is 1. The highest BCUT2D eigenvalue weighted by atomic mass is 16.1. The van der Waals surface area contributed by atoms with Crippen LogP contribution >= 0.6 is 0 Å². The molecule has 2 heterocycles. The maximum Gasteiger partial charge on any atom is 0.251 e. The Kier molecular flexibility index (Phi) is 5.11. The second-order valence-corrected chi connectivity index (χ2v) is 6.38. The Labute approximate surface area is 141 Å². The van der Waals surface area contributed by atoms with Gasteiger partial charge in [0, 0.05) is 30.2 Å². The van der Waals surface area contributed by atoms with E-state index >= 15 is 0 Å². The largest absolute Gasteiger partial charge is 0.351 e. The molecule has 0 unspecified atom stereocenters. The fourth-order valence-electron chi connectivity index (χ4n) is 3.28. The van der Waals surface area contributed by atoms with Crippen LogP contribution in [0.25, 0.3) is 10.9 Å². The molecule has 1 aromatic heterocycles. The van der Waals surface area contributed by atoms with Gasteiger partial charge in [-0.1, -0.05) is 0 Å². The minimum atomic E-state index is -0.129. The number of nitrogens with zero attached hydrogens (tertiary/aromatic N) is 3. The molecule has 0 spiro atoms. The van der Waals surface area contributed by atoms with Gasteiger partial charge in [-0.3, -0.25) is 9.48 Å². The summed E-state index contributed by atoms with van der Waals surface area (Å²) in [4.78, 5) is 12.3. The topological polar surface area (TPSA) is 82.7 Å². The average molecular weight is 325 g/mol. The standard InChI is InChI=1S/C18H23N5O/c1-13-15(18(24)21-8-2-7-19)3-4-17-16(13)12-23(22-17)11-14-5-9-20-10-6-14/h3-4,12,14,20H,2,5-6,8-11H2,1H3,(H,21,24). The third-order valence-corrected chi connectivity index (χ3v) is 4.68. The predicted molar refractivity (Wildman–Crippen MR) is 92.6 cm³/mol. The van der Waals surface area contributed by atoms with Crippen molar-refractivity contribution >= 4 is 16.8 Å². The van der Waals surface area contributed by atoms with Crippen LogP contribution in [0.4, 0.5) is 0 Å². The summed E-state index contributed by atoms with van der Waals surface area (Å²) >= 11 is 0. The van der Waals surface area contributed by atoms with Crippen molar-refractivity contribution in [2.75, 3.05) is 19.6 Å². The van der Waals surface area contributed by atoms with Gasteiger partial charge in [-0.05, 0) is 56.5 Å². The fraction of sp³-hybridized carbons (Fsp3) is 0.500. The number of carbonyl (C=O) groups is 1. The van der Waals surface area contributed by atoms with Crippen LogP contribution < -0.4 is 10.6 Å². The van der Waals surface area contributed by atoms with E-state index in [0.29, 0.717) is 24.4 Å². The molecule has 126 valence electrons. The molecule has 3 rings (SSSR count). The molecule has 1 fully saturated rings. The van der Waals surface area contributed by atoms with E-state index in [1.165, 1.54) is 12.8 Å². The number of rotatable bonds is 5. The first kappa shape index (κ1) is 16.5. The summed E-state index contributed by atoms with van der Waals surface area (Å²) in [6, 6.07) is 5.75. The highest BCUT2D eigenvalue weighted by molar-refractivity contribution is 6.00. The van der Waals surface area contributed by atoms with Crippen molar-refractivity contribution in [2.45, 2.75) is 32.7 Å². The fourth-order valence-corrected chi connectivity index (χ4v) is 3.28. The van der Waals surface area contributed by atoms with Crippen LogP contribution in [0.2, 0.25) is 0 Å². The maximum atomic E-state index is 12.3. The van der Waals surface area contributed by atoms with Crippen LogP contribution in [0.5, 0.6) is 0 Å². The number of aromatic nitrogens is 2. The zero-order valence-electron chi connectivity index (χ0n) is 14.0. The van der Waals surface area contributed by atoms with Crippen LogP contribution in [0.3, 0.4) is 0 Å². The van der Waals surface area contributed by atoms with Gasteiger partial charge in [0.05, 0.1) is 18.0 Å². The van der Waals surface area contributed by atoms with Crippen LogP contribution in [-0.2, 0) is 6.54 Å². The van der Waals surface area contributed by atoms with E-state index < -0.39 is 0 Å². The molecular formula is C18H23N5O. The summed E-state index contributed by atoms with van der Waals surface area (Å²) in [7, 11) is 0. The Bertz CT molecular complexity index is 768. The monoisotopic (exact) mass is 325 g/mol. The molecule has 0 radical (unpaired) electrons. The number of piperidine rings is 1. The van der Waals surface area contributed by atoms with Gasteiger partial charge in [-0.2, -0.15) is 10.4 Å². The SMILES string of the molecule is Cc1c(C(=O)NCCC#N)ccc2nn(CC3CCNCC3)cc12. The Morgan fingerprint density at radius 3 is 3.00 bits per heavy atom. The molecule has 1 saturated heterocycles. The summed E-state index contributed by atoms with van der Waals surface area (Å²) in [5.74, 6) is 0.533. The number of aryl methyl sites for hydroxylation is 1. The molecular weight excluding hydrogens is 302 g/mol. The van der Waals surface area contributed by atoms with Crippen LogP contribution in [0.1, 0.15) is 35.2 Å². The minimum Gasteiger partial charge on any atom is -0.351 e. The molecule has 1 amide bonds. The van der Waals surface area contributed by atoms with Gasteiger partial charge in [0.2, 0.25) is 0 Å². The number of benzene rings is 1. The number of hydrogen-bond acceptors (Lipinski definition) is 4. The van der Waals surface area contributed by atoms with Crippen molar-refractivity contribution < 1.29 is 4.79 Å². The van der Waals surface area contributed by atoms with Crippen molar-refractivity contribution in [3.63, 3.8) is 0 Å². The van der Waals surface area contributed by atoms with Gasteiger partial charge in [-0.25, -0.2) is 0 Å². The van der Waals surface area contributed by atoms with Crippen molar-refractivity contribution in [1.29, 1.82) is 5.26 Å². The number of nitrogens with one attached hydrogen (secondary N) is 2. The van der Waals surface area contributed by atoms with Crippen LogP contribution in [-0.4, -0.2) is 35.3 Å². The molecule has 1 aliphatic heterocycles. The van der Waals surface area contributed by atoms with E-state index in [9.17, 15) is 4.79 Å². The zero-order chi connectivity index (χ0) is 16.9. The third kappa shape index (κ3) is 3.57. The van der Waals surface area contributed by atoms with E-state index in [1.54, 1.807) is 0 Å². The maximum absolute atomic E-state index is 12.3. The lowest BCUT2D eigenvalue weighted by Crippen LogP contribution is -2.29. The highest BCUT2D eigenvalue weighted by Crippen LogP contribution is 2.22. The van der Waals surface area contributed by atoms with Gasteiger partial charge in [0.1, 0.15) is 0 Å². The number of amides is 1. The second kappa shape index (κ2) is 7.45. The van der Waals surface area contributed by atoms with Crippen molar-refractivity contribution in [3.8, 4) is 6.07 Å². The Hall–Kier alpha value is -2.39. The first-order valence-corrected chi connectivity index (χ1v) is 8.51. The van der Waals surface area contributed by atoms with E-state index in [-0.39, 0.29) is 5.91 Å². The Morgan fingerprint density at radius 1 is 1.46 bits per heavy atom. The molecule has 1 aliphatic rings. The molecule has 0 saturated carbocycles. The molecule has 0 aliphatic carbocycles.